The lowest BCUT2D eigenvalue weighted by atomic mass is 9.98. The Kier molecular flexibility index (Phi) is 3.24. The lowest BCUT2D eigenvalue weighted by Crippen LogP contribution is -2.19. The van der Waals surface area contributed by atoms with E-state index in [4.69, 9.17) is 10.8 Å². The van der Waals surface area contributed by atoms with Crippen LogP contribution in [0.25, 0.3) is 0 Å². The van der Waals surface area contributed by atoms with Gasteiger partial charge in [0.1, 0.15) is 11.5 Å². The number of hydrogen-bond acceptors (Lipinski definition) is 3. The topological polar surface area (TPSA) is 66.5 Å². The summed E-state index contributed by atoms with van der Waals surface area (Å²) in [6, 6.07) is 3.49. The normalized spacial score (nSPS) is 13.1. The number of phenols is 2. The van der Waals surface area contributed by atoms with Crippen molar-refractivity contribution in [1.29, 1.82) is 0 Å². The second kappa shape index (κ2) is 4.23. The van der Waals surface area contributed by atoms with Crippen molar-refractivity contribution in [3.63, 3.8) is 0 Å². The summed E-state index contributed by atoms with van der Waals surface area (Å²) in [5, 5.41) is 18.2. The van der Waals surface area contributed by atoms with Gasteiger partial charge >= 0.3 is 0 Å². The molecule has 0 amide bonds. The third-order valence-electron chi connectivity index (χ3n) is 1.97. The monoisotopic (exact) mass is 203 g/mol. The third-order valence-corrected chi connectivity index (χ3v) is 1.97. The maximum Gasteiger partial charge on any atom is 0.246 e. The number of phenolic OH excluding ortho intramolecular Hbond substituents is 2. The van der Waals surface area contributed by atoms with E-state index in [9.17, 15) is 13.9 Å². The zero-order valence-corrected chi connectivity index (χ0v) is 7.32. The number of rotatable bonds is 3. The molecule has 0 aliphatic rings. The molecule has 1 rings (SSSR count). The van der Waals surface area contributed by atoms with Crippen molar-refractivity contribution in [2.45, 2.75) is 12.3 Å². The van der Waals surface area contributed by atoms with Gasteiger partial charge in [0, 0.05) is 18.2 Å². The molecule has 1 aromatic rings. The van der Waals surface area contributed by atoms with E-state index in [1.54, 1.807) is 0 Å². The van der Waals surface area contributed by atoms with Crippen LogP contribution in [0.4, 0.5) is 8.78 Å². The Balaban J connectivity index is 3.04. The van der Waals surface area contributed by atoms with Gasteiger partial charge < -0.3 is 15.9 Å². The van der Waals surface area contributed by atoms with Crippen LogP contribution >= 0.6 is 0 Å². The third kappa shape index (κ3) is 2.11. The smallest absolute Gasteiger partial charge is 0.246 e. The molecule has 1 unspecified atom stereocenters. The van der Waals surface area contributed by atoms with Crippen molar-refractivity contribution in [1.82, 2.24) is 0 Å². The molecule has 0 radical (unpaired) electrons. The van der Waals surface area contributed by atoms with Gasteiger partial charge in [-0.2, -0.15) is 0 Å². The molecule has 0 heterocycles. The van der Waals surface area contributed by atoms with E-state index < -0.39 is 12.3 Å². The molecule has 1 aromatic carbocycles. The van der Waals surface area contributed by atoms with Crippen LogP contribution in [0.5, 0.6) is 11.5 Å². The highest BCUT2D eigenvalue weighted by Gasteiger charge is 2.23. The van der Waals surface area contributed by atoms with Crippen LogP contribution in [0, 0.1) is 0 Å². The maximum atomic E-state index is 12.4. The fourth-order valence-corrected chi connectivity index (χ4v) is 1.21. The van der Waals surface area contributed by atoms with Crippen LogP contribution in [-0.2, 0) is 0 Å². The van der Waals surface area contributed by atoms with E-state index >= 15 is 0 Å². The van der Waals surface area contributed by atoms with Gasteiger partial charge in [-0.15, -0.1) is 0 Å². The van der Waals surface area contributed by atoms with Gasteiger partial charge in [-0.25, -0.2) is 8.78 Å². The zero-order chi connectivity index (χ0) is 10.7. The second-order valence-electron chi connectivity index (χ2n) is 2.92. The summed E-state index contributed by atoms with van der Waals surface area (Å²) < 4.78 is 24.8. The molecule has 0 saturated heterocycles. The van der Waals surface area contributed by atoms with Crippen LogP contribution in [0.1, 0.15) is 11.5 Å². The van der Waals surface area contributed by atoms with Crippen molar-refractivity contribution < 1.29 is 19.0 Å². The minimum atomic E-state index is -2.63. The Hall–Kier alpha value is -1.36. The molecule has 0 bridgehead atoms. The van der Waals surface area contributed by atoms with E-state index in [0.29, 0.717) is 0 Å². The lowest BCUT2D eigenvalue weighted by Gasteiger charge is -2.15. The Labute approximate surface area is 79.8 Å². The van der Waals surface area contributed by atoms with Crippen molar-refractivity contribution >= 4 is 0 Å². The van der Waals surface area contributed by atoms with Gasteiger partial charge in [-0.05, 0) is 6.07 Å². The quantitative estimate of drug-likeness (QED) is 0.695. The maximum absolute atomic E-state index is 12.4. The van der Waals surface area contributed by atoms with Gasteiger partial charge in [-0.3, -0.25) is 0 Å². The van der Waals surface area contributed by atoms with E-state index in [-0.39, 0.29) is 23.6 Å². The molecule has 0 aliphatic heterocycles. The standard InChI is InChI=1S/C9H11F2NO2/c10-9(11)7(4-12)6-2-1-5(13)3-8(6)14/h1-3,7,9,13-14H,4,12H2. The van der Waals surface area contributed by atoms with Crippen LogP contribution in [-0.4, -0.2) is 23.2 Å². The molecule has 4 N–H and O–H groups in total. The number of benzene rings is 1. The number of halogens is 2. The molecule has 0 saturated carbocycles. The molecule has 5 heteroatoms. The van der Waals surface area contributed by atoms with Crippen LogP contribution in [0.15, 0.2) is 18.2 Å². The fraction of sp³-hybridized carbons (Fsp3) is 0.333. The van der Waals surface area contributed by atoms with Crippen molar-refractivity contribution in [3.8, 4) is 11.5 Å². The van der Waals surface area contributed by atoms with E-state index in [1.165, 1.54) is 12.1 Å². The Morgan fingerprint density at radius 3 is 2.36 bits per heavy atom. The first-order chi connectivity index (χ1) is 6.56. The summed E-state index contributed by atoms with van der Waals surface area (Å²) in [7, 11) is 0. The molecule has 1 atom stereocenters. The van der Waals surface area contributed by atoms with Gasteiger partial charge in [0.15, 0.2) is 0 Å². The zero-order valence-electron chi connectivity index (χ0n) is 7.32. The van der Waals surface area contributed by atoms with Gasteiger partial charge in [0.05, 0.1) is 5.92 Å². The number of hydrogen-bond donors (Lipinski definition) is 3. The predicted octanol–water partition coefficient (Wildman–Crippen LogP) is 1.41. The van der Waals surface area contributed by atoms with Crippen molar-refractivity contribution in [3.05, 3.63) is 23.8 Å². The number of alkyl halides is 2. The van der Waals surface area contributed by atoms with Gasteiger partial charge in [-0.1, -0.05) is 6.07 Å². The average molecular weight is 203 g/mol. The first-order valence-electron chi connectivity index (χ1n) is 4.06. The van der Waals surface area contributed by atoms with Crippen LogP contribution in [0.3, 0.4) is 0 Å². The van der Waals surface area contributed by atoms with Crippen LogP contribution in [0.2, 0.25) is 0 Å². The van der Waals surface area contributed by atoms with Crippen molar-refractivity contribution in [2.24, 2.45) is 5.73 Å². The molecular weight excluding hydrogens is 192 g/mol. The molecule has 0 fully saturated rings. The molecule has 78 valence electrons. The Morgan fingerprint density at radius 2 is 1.93 bits per heavy atom. The highest BCUT2D eigenvalue weighted by molar-refractivity contribution is 5.41. The molecular formula is C9H11F2NO2. The van der Waals surface area contributed by atoms with E-state index in [0.717, 1.165) is 6.07 Å². The molecule has 3 nitrogen and oxygen atoms in total. The average Bonchev–Trinajstić information content (AvgIpc) is 2.09. The molecule has 0 aliphatic carbocycles. The predicted molar refractivity (Wildman–Crippen MR) is 47.6 cm³/mol. The highest BCUT2D eigenvalue weighted by atomic mass is 19.3. The minimum Gasteiger partial charge on any atom is -0.508 e. The first-order valence-corrected chi connectivity index (χ1v) is 4.06. The summed E-state index contributed by atoms with van der Waals surface area (Å²) in [5.74, 6) is -1.73. The summed E-state index contributed by atoms with van der Waals surface area (Å²) in [6.07, 6.45) is -2.63. The van der Waals surface area contributed by atoms with Crippen molar-refractivity contribution in [2.75, 3.05) is 6.54 Å². The summed E-state index contributed by atoms with van der Waals surface area (Å²) in [5.41, 5.74) is 5.21. The number of aromatic hydroxyl groups is 2. The summed E-state index contributed by atoms with van der Waals surface area (Å²) >= 11 is 0. The summed E-state index contributed by atoms with van der Waals surface area (Å²) in [4.78, 5) is 0. The summed E-state index contributed by atoms with van der Waals surface area (Å²) in [6.45, 7) is -0.254. The Bertz CT molecular complexity index is 318. The van der Waals surface area contributed by atoms with E-state index in [2.05, 4.69) is 0 Å². The highest BCUT2D eigenvalue weighted by Crippen LogP contribution is 2.32. The SMILES string of the molecule is NCC(c1ccc(O)cc1O)C(F)F. The van der Waals surface area contributed by atoms with Gasteiger partial charge in [0.25, 0.3) is 0 Å². The Morgan fingerprint density at radius 1 is 1.29 bits per heavy atom. The molecule has 14 heavy (non-hydrogen) atoms. The number of nitrogens with two attached hydrogens (primary N) is 1. The second-order valence-corrected chi connectivity index (χ2v) is 2.92. The van der Waals surface area contributed by atoms with E-state index in [1.807, 2.05) is 0 Å². The fourth-order valence-electron chi connectivity index (χ4n) is 1.21. The van der Waals surface area contributed by atoms with Gasteiger partial charge in [0.2, 0.25) is 6.43 Å². The first kappa shape index (κ1) is 10.7. The largest absolute Gasteiger partial charge is 0.508 e. The molecule has 0 spiro atoms. The molecule has 0 aromatic heterocycles. The van der Waals surface area contributed by atoms with Crippen LogP contribution < -0.4 is 5.73 Å². The minimum absolute atomic E-state index is 0.0558. The lowest BCUT2D eigenvalue weighted by molar-refractivity contribution is 0.116.